The van der Waals surface area contributed by atoms with Gasteiger partial charge in [0.1, 0.15) is 17.3 Å². The summed E-state index contributed by atoms with van der Waals surface area (Å²) in [6, 6.07) is 2.68. The zero-order chi connectivity index (χ0) is 9.84. The molecule has 0 spiro atoms. The molecule has 0 bridgehead atoms. The quantitative estimate of drug-likeness (QED) is 0.414. The minimum Gasteiger partial charge on any atom is -0.411 e. The van der Waals surface area contributed by atoms with E-state index in [1.54, 1.807) is 0 Å². The monoisotopic (exact) mass is 187 g/mol. The Morgan fingerprint density at radius 3 is 2.62 bits per heavy atom. The summed E-state index contributed by atoms with van der Waals surface area (Å²) in [6.45, 7) is -0.656. The van der Waals surface area contributed by atoms with Gasteiger partial charge in [-0.1, -0.05) is 5.16 Å². The van der Waals surface area contributed by atoms with Gasteiger partial charge in [-0.05, 0) is 18.2 Å². The molecule has 0 radical (unpaired) electrons. The van der Waals surface area contributed by atoms with Crippen molar-refractivity contribution in [1.29, 1.82) is 0 Å². The van der Waals surface area contributed by atoms with Crippen LogP contribution in [0.1, 0.15) is 5.56 Å². The van der Waals surface area contributed by atoms with Crippen molar-refractivity contribution in [2.24, 2.45) is 5.16 Å². The maximum Gasteiger partial charge on any atom is 0.132 e. The third-order valence-corrected chi connectivity index (χ3v) is 1.51. The normalized spacial score (nSPS) is 11.8. The predicted octanol–water partition coefficient (Wildman–Crippen LogP) is 1.14. The van der Waals surface area contributed by atoms with Crippen LogP contribution in [-0.4, -0.2) is 22.6 Å². The van der Waals surface area contributed by atoms with Crippen LogP contribution in [0.25, 0.3) is 0 Å². The molecule has 0 heterocycles. The molecule has 0 atom stereocenters. The van der Waals surface area contributed by atoms with E-state index in [2.05, 4.69) is 5.16 Å². The topological polar surface area (TPSA) is 52.8 Å². The molecule has 0 saturated carbocycles. The van der Waals surface area contributed by atoms with Crippen LogP contribution in [0.4, 0.5) is 8.78 Å². The Labute approximate surface area is 72.9 Å². The van der Waals surface area contributed by atoms with Crippen molar-refractivity contribution in [3.63, 3.8) is 0 Å². The molecular formula is C8H7F2NO2. The molecular weight excluding hydrogens is 180 g/mol. The number of hydrogen-bond donors (Lipinski definition) is 2. The lowest BCUT2D eigenvalue weighted by atomic mass is 10.1. The van der Waals surface area contributed by atoms with Crippen LogP contribution >= 0.6 is 0 Å². The van der Waals surface area contributed by atoms with Crippen LogP contribution in [0.5, 0.6) is 0 Å². The van der Waals surface area contributed by atoms with Gasteiger partial charge in [0, 0.05) is 5.56 Å². The summed E-state index contributed by atoms with van der Waals surface area (Å²) in [5, 5.41) is 19.6. The van der Waals surface area contributed by atoms with Gasteiger partial charge in [-0.2, -0.15) is 0 Å². The SMILES string of the molecule is OC/C(=N\O)c1cc(F)ccc1F. The number of aliphatic hydroxyl groups excluding tert-OH is 1. The maximum atomic E-state index is 12.9. The first-order valence-corrected chi connectivity index (χ1v) is 3.46. The highest BCUT2D eigenvalue weighted by Crippen LogP contribution is 2.10. The standard InChI is InChI=1S/C8H7F2NO2/c9-5-1-2-7(10)6(3-5)8(4-12)11-13/h1-3,12-13H,4H2/b11-8+. The van der Waals surface area contributed by atoms with Crippen LogP contribution < -0.4 is 0 Å². The highest BCUT2D eigenvalue weighted by atomic mass is 19.1. The van der Waals surface area contributed by atoms with E-state index in [4.69, 9.17) is 10.3 Å². The average molecular weight is 187 g/mol. The van der Waals surface area contributed by atoms with Crippen LogP contribution in [0, 0.1) is 11.6 Å². The Kier molecular flexibility index (Phi) is 2.92. The fourth-order valence-electron chi connectivity index (χ4n) is 0.889. The third kappa shape index (κ3) is 2.00. The summed E-state index contributed by atoms with van der Waals surface area (Å²) in [7, 11) is 0. The minimum absolute atomic E-state index is 0.245. The number of rotatable bonds is 2. The van der Waals surface area contributed by atoms with Gasteiger partial charge in [0.25, 0.3) is 0 Å². The molecule has 1 aromatic carbocycles. The van der Waals surface area contributed by atoms with E-state index in [9.17, 15) is 8.78 Å². The molecule has 0 aliphatic rings. The molecule has 0 aliphatic carbocycles. The van der Waals surface area contributed by atoms with Gasteiger partial charge in [-0.3, -0.25) is 0 Å². The first kappa shape index (κ1) is 9.60. The van der Waals surface area contributed by atoms with Crippen molar-refractivity contribution >= 4 is 5.71 Å². The highest BCUT2D eigenvalue weighted by Gasteiger charge is 2.10. The molecule has 13 heavy (non-hydrogen) atoms. The minimum atomic E-state index is -0.747. The molecule has 0 aromatic heterocycles. The molecule has 0 fully saturated rings. The second kappa shape index (κ2) is 3.95. The zero-order valence-electron chi connectivity index (χ0n) is 6.54. The van der Waals surface area contributed by atoms with E-state index in [1.165, 1.54) is 0 Å². The molecule has 0 amide bonds. The number of aliphatic hydroxyl groups is 1. The van der Waals surface area contributed by atoms with Crippen molar-refractivity contribution in [2.75, 3.05) is 6.61 Å². The number of benzene rings is 1. The van der Waals surface area contributed by atoms with Gasteiger partial charge < -0.3 is 10.3 Å². The number of hydrogen-bond acceptors (Lipinski definition) is 3. The van der Waals surface area contributed by atoms with Crippen molar-refractivity contribution in [1.82, 2.24) is 0 Å². The molecule has 3 nitrogen and oxygen atoms in total. The van der Waals surface area contributed by atoms with Crippen LogP contribution in [0.15, 0.2) is 23.4 Å². The predicted molar refractivity (Wildman–Crippen MR) is 41.8 cm³/mol. The van der Waals surface area contributed by atoms with Crippen LogP contribution in [0.2, 0.25) is 0 Å². The summed E-state index contributed by atoms with van der Waals surface area (Å²) < 4.78 is 25.5. The zero-order valence-corrected chi connectivity index (χ0v) is 6.54. The summed E-state index contributed by atoms with van der Waals surface area (Å²) in [5.74, 6) is -1.41. The van der Waals surface area contributed by atoms with Crippen molar-refractivity contribution in [2.45, 2.75) is 0 Å². The van der Waals surface area contributed by atoms with E-state index >= 15 is 0 Å². The van der Waals surface area contributed by atoms with Gasteiger partial charge in [-0.15, -0.1) is 0 Å². The largest absolute Gasteiger partial charge is 0.411 e. The summed E-state index contributed by atoms with van der Waals surface area (Å²) in [4.78, 5) is 0. The highest BCUT2D eigenvalue weighted by molar-refractivity contribution is 6.01. The molecule has 70 valence electrons. The van der Waals surface area contributed by atoms with E-state index < -0.39 is 18.2 Å². The van der Waals surface area contributed by atoms with Gasteiger partial charge >= 0.3 is 0 Å². The Bertz CT molecular complexity index is 339. The van der Waals surface area contributed by atoms with E-state index in [0.717, 1.165) is 18.2 Å². The third-order valence-electron chi connectivity index (χ3n) is 1.51. The summed E-state index contributed by atoms with van der Waals surface area (Å²) in [6.07, 6.45) is 0. The molecule has 0 saturated heterocycles. The molecule has 2 N–H and O–H groups in total. The number of nitrogens with zero attached hydrogens (tertiary/aromatic N) is 1. The average Bonchev–Trinajstić information content (AvgIpc) is 2.13. The fraction of sp³-hybridized carbons (Fsp3) is 0.125. The summed E-state index contributed by atoms with van der Waals surface area (Å²) in [5.41, 5.74) is -0.554. The van der Waals surface area contributed by atoms with Gasteiger partial charge in [0.15, 0.2) is 0 Å². The lowest BCUT2D eigenvalue weighted by molar-refractivity contribution is 0.303. The molecule has 1 aromatic rings. The van der Waals surface area contributed by atoms with Crippen LogP contribution in [0.3, 0.4) is 0 Å². The Hall–Kier alpha value is -1.49. The van der Waals surface area contributed by atoms with Crippen LogP contribution in [-0.2, 0) is 0 Å². The second-order valence-corrected chi connectivity index (χ2v) is 2.33. The number of oxime groups is 1. The van der Waals surface area contributed by atoms with Crippen molar-refractivity contribution < 1.29 is 19.1 Å². The van der Waals surface area contributed by atoms with Crippen molar-refractivity contribution in [3.05, 3.63) is 35.4 Å². The maximum absolute atomic E-state index is 12.9. The Morgan fingerprint density at radius 1 is 1.38 bits per heavy atom. The van der Waals surface area contributed by atoms with E-state index in [0.29, 0.717) is 0 Å². The molecule has 0 unspecified atom stereocenters. The molecule has 5 heteroatoms. The Morgan fingerprint density at radius 2 is 2.08 bits per heavy atom. The first-order valence-electron chi connectivity index (χ1n) is 3.46. The van der Waals surface area contributed by atoms with Gasteiger partial charge in [-0.25, -0.2) is 8.78 Å². The van der Waals surface area contributed by atoms with Gasteiger partial charge in [0.2, 0.25) is 0 Å². The van der Waals surface area contributed by atoms with Crippen molar-refractivity contribution in [3.8, 4) is 0 Å². The lowest BCUT2D eigenvalue weighted by Gasteiger charge is -2.02. The molecule has 1 rings (SSSR count). The fourth-order valence-corrected chi connectivity index (χ4v) is 0.889. The molecule has 0 aliphatic heterocycles. The number of halogens is 2. The smallest absolute Gasteiger partial charge is 0.132 e. The van der Waals surface area contributed by atoms with E-state index in [-0.39, 0.29) is 11.3 Å². The summed E-state index contributed by atoms with van der Waals surface area (Å²) >= 11 is 0. The van der Waals surface area contributed by atoms with Gasteiger partial charge in [0.05, 0.1) is 6.61 Å². The first-order chi connectivity index (χ1) is 6.19. The van der Waals surface area contributed by atoms with E-state index in [1.807, 2.05) is 0 Å². The lowest BCUT2D eigenvalue weighted by Crippen LogP contribution is -2.09. The second-order valence-electron chi connectivity index (χ2n) is 2.33. The Balaban J connectivity index is 3.19.